The lowest BCUT2D eigenvalue weighted by molar-refractivity contribution is 0.615. The highest BCUT2D eigenvalue weighted by Crippen LogP contribution is 2.23. The largest absolute Gasteiger partial charge is 0.291 e. The molecule has 0 saturated carbocycles. The Kier molecular flexibility index (Phi) is 4.00. The van der Waals surface area contributed by atoms with Gasteiger partial charge in [-0.2, -0.15) is 0 Å². The van der Waals surface area contributed by atoms with E-state index in [1.807, 2.05) is 30.3 Å². The van der Waals surface area contributed by atoms with E-state index in [2.05, 4.69) is 0 Å². The zero-order valence-corrected chi connectivity index (χ0v) is 12.0. The van der Waals surface area contributed by atoms with Crippen LogP contribution in [0.2, 0.25) is 0 Å². The van der Waals surface area contributed by atoms with Crippen molar-refractivity contribution in [2.75, 3.05) is 11.4 Å². The summed E-state index contributed by atoms with van der Waals surface area (Å²) in [4.78, 5) is 0.644. The number of hydrogen-bond donors (Lipinski definition) is 0. The lowest BCUT2D eigenvalue weighted by atomic mass is 10.1. The maximum Gasteiger partial charge on any atom is 0.152 e. The van der Waals surface area contributed by atoms with Gasteiger partial charge in [-0.3, -0.25) is 4.31 Å². The van der Waals surface area contributed by atoms with Crippen molar-refractivity contribution < 1.29 is 8.60 Å². The highest BCUT2D eigenvalue weighted by molar-refractivity contribution is 7.86. The topological polar surface area (TPSA) is 20.3 Å². The van der Waals surface area contributed by atoms with E-state index < -0.39 is 11.0 Å². The first-order valence-electron chi connectivity index (χ1n) is 5.98. The zero-order valence-electron chi connectivity index (χ0n) is 11.2. The third-order valence-electron chi connectivity index (χ3n) is 3.01. The summed E-state index contributed by atoms with van der Waals surface area (Å²) in [6.45, 7) is 3.45. The Hall–Kier alpha value is -1.68. The van der Waals surface area contributed by atoms with E-state index in [9.17, 15) is 8.60 Å². The molecule has 2 aromatic rings. The van der Waals surface area contributed by atoms with Gasteiger partial charge in [-0.1, -0.05) is 18.2 Å². The fourth-order valence-corrected chi connectivity index (χ4v) is 3.04. The van der Waals surface area contributed by atoms with Crippen molar-refractivity contribution in [3.05, 3.63) is 59.4 Å². The summed E-state index contributed by atoms with van der Waals surface area (Å²) in [6, 6.07) is 12.6. The van der Waals surface area contributed by atoms with Gasteiger partial charge in [0.15, 0.2) is 11.0 Å². The minimum atomic E-state index is -1.34. The van der Waals surface area contributed by atoms with Crippen molar-refractivity contribution in [2.24, 2.45) is 0 Å². The summed E-state index contributed by atoms with van der Waals surface area (Å²) in [7, 11) is 0.425. The minimum Gasteiger partial charge on any atom is -0.291 e. The molecule has 0 bridgehead atoms. The Morgan fingerprint density at radius 2 is 1.68 bits per heavy atom. The van der Waals surface area contributed by atoms with Gasteiger partial charge in [0.2, 0.25) is 0 Å². The van der Waals surface area contributed by atoms with Crippen LogP contribution in [0.4, 0.5) is 10.1 Å². The summed E-state index contributed by atoms with van der Waals surface area (Å²) >= 11 is 0. The molecule has 0 amide bonds. The average Bonchev–Trinajstić information content (AvgIpc) is 2.42. The molecule has 0 aliphatic heterocycles. The van der Waals surface area contributed by atoms with Gasteiger partial charge in [-0.05, 0) is 49.2 Å². The highest BCUT2D eigenvalue weighted by Gasteiger charge is 2.15. The fourth-order valence-electron chi connectivity index (χ4n) is 1.82. The molecule has 0 saturated heterocycles. The molecule has 0 heterocycles. The number of para-hydroxylation sites is 1. The Balaban J connectivity index is 2.37. The first-order valence-corrected chi connectivity index (χ1v) is 7.09. The lowest BCUT2D eigenvalue weighted by Gasteiger charge is -2.19. The number of rotatable bonds is 3. The van der Waals surface area contributed by atoms with E-state index >= 15 is 0 Å². The number of nitrogens with zero attached hydrogens (tertiary/aromatic N) is 1. The van der Waals surface area contributed by atoms with E-state index in [1.54, 1.807) is 31.3 Å². The Labute approximate surface area is 115 Å². The molecule has 2 nitrogen and oxygen atoms in total. The van der Waals surface area contributed by atoms with Crippen LogP contribution in [0.25, 0.3) is 0 Å². The number of halogens is 1. The van der Waals surface area contributed by atoms with Gasteiger partial charge in [0.1, 0.15) is 5.82 Å². The van der Waals surface area contributed by atoms with Gasteiger partial charge < -0.3 is 0 Å². The molecule has 0 spiro atoms. The molecule has 1 unspecified atom stereocenters. The van der Waals surface area contributed by atoms with Crippen LogP contribution in [0, 0.1) is 19.7 Å². The molecule has 1 atom stereocenters. The molecule has 0 radical (unpaired) electrons. The molecular formula is C15H16FNOS. The summed E-state index contributed by atoms with van der Waals surface area (Å²) in [5, 5.41) is 0. The van der Waals surface area contributed by atoms with Gasteiger partial charge >= 0.3 is 0 Å². The quantitative estimate of drug-likeness (QED) is 0.839. The molecule has 2 rings (SSSR count). The lowest BCUT2D eigenvalue weighted by Crippen LogP contribution is -2.21. The van der Waals surface area contributed by atoms with E-state index in [4.69, 9.17) is 0 Å². The van der Waals surface area contributed by atoms with Crippen molar-refractivity contribution in [1.29, 1.82) is 0 Å². The summed E-state index contributed by atoms with van der Waals surface area (Å²) in [5.74, 6) is -0.263. The van der Waals surface area contributed by atoms with Gasteiger partial charge in [0.25, 0.3) is 0 Å². The summed E-state index contributed by atoms with van der Waals surface area (Å²) < 4.78 is 27.7. The van der Waals surface area contributed by atoms with Gasteiger partial charge in [-0.15, -0.1) is 0 Å². The number of aryl methyl sites for hydroxylation is 2. The molecule has 4 heteroatoms. The maximum absolute atomic E-state index is 13.4. The molecule has 0 fully saturated rings. The maximum atomic E-state index is 13.4. The van der Waals surface area contributed by atoms with Crippen molar-refractivity contribution in [3.8, 4) is 0 Å². The average molecular weight is 277 g/mol. The van der Waals surface area contributed by atoms with Crippen LogP contribution in [0.15, 0.2) is 47.4 Å². The first kappa shape index (κ1) is 13.7. The van der Waals surface area contributed by atoms with Crippen LogP contribution < -0.4 is 4.31 Å². The summed E-state index contributed by atoms with van der Waals surface area (Å²) in [5.41, 5.74) is 2.07. The van der Waals surface area contributed by atoms with Crippen molar-refractivity contribution in [3.63, 3.8) is 0 Å². The van der Waals surface area contributed by atoms with Gasteiger partial charge in [0, 0.05) is 12.7 Å². The second kappa shape index (κ2) is 5.53. The van der Waals surface area contributed by atoms with E-state index in [0.717, 1.165) is 5.69 Å². The van der Waals surface area contributed by atoms with Crippen LogP contribution in [0.5, 0.6) is 0 Å². The SMILES string of the molecule is Cc1cc(S(=O)N(C)c2ccccc2)c(C)cc1F. The Morgan fingerprint density at radius 3 is 2.32 bits per heavy atom. The molecule has 0 aromatic heterocycles. The molecule has 0 aliphatic rings. The standard InChI is InChI=1S/C15H16FNOS/c1-11-10-15(12(2)9-14(11)16)19(18)17(3)13-7-5-4-6-8-13/h4-10H,1-3H3. The van der Waals surface area contributed by atoms with Crippen LogP contribution in [-0.4, -0.2) is 11.3 Å². The molecule has 100 valence electrons. The third-order valence-corrected chi connectivity index (χ3v) is 4.54. The van der Waals surface area contributed by atoms with Crippen molar-refractivity contribution in [2.45, 2.75) is 18.7 Å². The molecule has 0 aliphatic carbocycles. The number of hydrogen-bond acceptors (Lipinski definition) is 1. The summed E-state index contributed by atoms with van der Waals surface area (Å²) in [6.07, 6.45) is 0. The van der Waals surface area contributed by atoms with Crippen LogP contribution in [0.3, 0.4) is 0 Å². The molecule has 19 heavy (non-hydrogen) atoms. The monoisotopic (exact) mass is 277 g/mol. The molecular weight excluding hydrogens is 261 g/mol. The van der Waals surface area contributed by atoms with Crippen LogP contribution in [0.1, 0.15) is 11.1 Å². The number of anilines is 1. The van der Waals surface area contributed by atoms with Crippen molar-refractivity contribution in [1.82, 2.24) is 0 Å². The first-order chi connectivity index (χ1) is 9.00. The second-order valence-corrected chi connectivity index (χ2v) is 5.93. The van der Waals surface area contributed by atoms with E-state index in [1.165, 1.54) is 6.07 Å². The highest BCUT2D eigenvalue weighted by atomic mass is 32.2. The smallest absolute Gasteiger partial charge is 0.152 e. The zero-order chi connectivity index (χ0) is 14.0. The number of benzene rings is 2. The predicted octanol–water partition coefficient (Wildman–Crippen LogP) is 3.60. The minimum absolute atomic E-state index is 0.263. The van der Waals surface area contributed by atoms with Crippen molar-refractivity contribution >= 4 is 16.7 Å². The normalized spacial score (nSPS) is 12.2. The predicted molar refractivity (Wildman–Crippen MR) is 77.1 cm³/mol. The third kappa shape index (κ3) is 2.84. The fraction of sp³-hybridized carbons (Fsp3) is 0.200. The van der Waals surface area contributed by atoms with Crippen LogP contribution >= 0.6 is 0 Å². The Bertz CT molecular complexity index is 613. The van der Waals surface area contributed by atoms with E-state index in [0.29, 0.717) is 16.0 Å². The van der Waals surface area contributed by atoms with E-state index in [-0.39, 0.29) is 5.82 Å². The van der Waals surface area contributed by atoms with Crippen LogP contribution in [-0.2, 0) is 11.0 Å². The molecule has 0 N–H and O–H groups in total. The van der Waals surface area contributed by atoms with Gasteiger partial charge in [0.05, 0.1) is 4.90 Å². The second-order valence-electron chi connectivity index (χ2n) is 4.45. The van der Waals surface area contributed by atoms with Gasteiger partial charge in [-0.25, -0.2) is 8.60 Å². The Morgan fingerprint density at radius 1 is 1.05 bits per heavy atom. The molecule has 2 aromatic carbocycles.